The highest BCUT2D eigenvalue weighted by atomic mass is 32.2. The number of aromatic nitrogens is 3. The lowest BCUT2D eigenvalue weighted by Gasteiger charge is -2.20. The van der Waals surface area contributed by atoms with Gasteiger partial charge in [0.05, 0.1) is 17.5 Å². The van der Waals surface area contributed by atoms with Crippen molar-refractivity contribution in [2.75, 3.05) is 40.3 Å². The van der Waals surface area contributed by atoms with Crippen molar-refractivity contribution in [3.8, 4) is 6.07 Å². The maximum absolute atomic E-state index is 12.5. The molecule has 36 heavy (non-hydrogen) atoms. The van der Waals surface area contributed by atoms with E-state index in [0.29, 0.717) is 15.7 Å². The Morgan fingerprint density at radius 3 is 2.75 bits per heavy atom. The quantitative estimate of drug-likeness (QED) is 0.158. The van der Waals surface area contributed by atoms with Gasteiger partial charge in [0.15, 0.2) is 0 Å². The van der Waals surface area contributed by atoms with Crippen LogP contribution in [0.2, 0.25) is 0 Å². The summed E-state index contributed by atoms with van der Waals surface area (Å²) in [5.74, 6) is 6.19. The normalized spacial score (nSPS) is 12.8. The van der Waals surface area contributed by atoms with Crippen LogP contribution in [0.15, 0.2) is 34.5 Å². The van der Waals surface area contributed by atoms with Crippen molar-refractivity contribution in [2.24, 2.45) is 5.10 Å². The van der Waals surface area contributed by atoms with Crippen LogP contribution in [0.1, 0.15) is 48.3 Å². The van der Waals surface area contributed by atoms with Crippen LogP contribution in [0, 0.1) is 11.3 Å². The van der Waals surface area contributed by atoms with Crippen LogP contribution in [0.25, 0.3) is 0 Å². The lowest BCUT2D eigenvalue weighted by Crippen LogP contribution is -2.21. The Morgan fingerprint density at radius 1 is 1.28 bits per heavy atom. The summed E-state index contributed by atoms with van der Waals surface area (Å²) in [7, 11) is 0. The van der Waals surface area contributed by atoms with Crippen molar-refractivity contribution >= 4 is 51.9 Å². The van der Waals surface area contributed by atoms with Gasteiger partial charge in [0, 0.05) is 23.7 Å². The molecule has 1 aliphatic carbocycles. The SMILES string of the molecule is CCN(CC)c1ccc(/C=N/Nc2nnc(SCC(=O)Nc3sc4c(c3C#N)CCCC4)n2N)cc1. The number of amides is 1. The van der Waals surface area contributed by atoms with E-state index in [1.807, 2.05) is 12.1 Å². The number of nitrogens with one attached hydrogen (secondary N) is 2. The lowest BCUT2D eigenvalue weighted by molar-refractivity contribution is -0.113. The first-order valence-electron chi connectivity index (χ1n) is 11.9. The number of hydrogen-bond donors (Lipinski definition) is 3. The summed E-state index contributed by atoms with van der Waals surface area (Å²) >= 11 is 2.66. The number of benzene rings is 1. The molecule has 3 aromatic rings. The van der Waals surface area contributed by atoms with Gasteiger partial charge in [-0.25, -0.2) is 10.1 Å². The van der Waals surface area contributed by atoms with Crippen LogP contribution in [0.5, 0.6) is 0 Å². The number of nitrogens with zero attached hydrogens (tertiary/aromatic N) is 6. The van der Waals surface area contributed by atoms with Gasteiger partial charge >= 0.3 is 0 Å². The Kier molecular flexibility index (Phi) is 8.45. The van der Waals surface area contributed by atoms with E-state index in [-0.39, 0.29) is 17.6 Å². The van der Waals surface area contributed by atoms with E-state index in [0.717, 1.165) is 61.7 Å². The summed E-state index contributed by atoms with van der Waals surface area (Å²) in [6, 6.07) is 10.4. The molecule has 0 saturated heterocycles. The third-order valence-corrected chi connectivity index (χ3v) is 8.08. The van der Waals surface area contributed by atoms with Gasteiger partial charge in [0.25, 0.3) is 5.95 Å². The van der Waals surface area contributed by atoms with Crippen molar-refractivity contribution < 1.29 is 4.79 Å². The molecule has 0 bridgehead atoms. The van der Waals surface area contributed by atoms with E-state index in [1.165, 1.54) is 26.6 Å². The monoisotopic (exact) mass is 523 g/mol. The number of thiophene rings is 1. The highest BCUT2D eigenvalue weighted by Gasteiger charge is 2.22. The summed E-state index contributed by atoms with van der Waals surface area (Å²) in [5.41, 5.74) is 6.58. The molecule has 0 spiro atoms. The second-order valence-electron chi connectivity index (χ2n) is 8.17. The predicted molar refractivity (Wildman–Crippen MR) is 146 cm³/mol. The van der Waals surface area contributed by atoms with Gasteiger partial charge in [-0.3, -0.25) is 4.79 Å². The van der Waals surface area contributed by atoms with Crippen molar-refractivity contribution in [1.82, 2.24) is 14.9 Å². The molecule has 2 aromatic heterocycles. The van der Waals surface area contributed by atoms with E-state index in [4.69, 9.17) is 5.84 Å². The molecule has 1 aromatic carbocycles. The topological polar surface area (TPSA) is 137 Å². The first kappa shape index (κ1) is 25.5. The molecule has 2 heterocycles. The molecule has 188 valence electrons. The zero-order chi connectivity index (χ0) is 25.5. The highest BCUT2D eigenvalue weighted by molar-refractivity contribution is 7.99. The number of rotatable bonds is 10. The second kappa shape index (κ2) is 11.9. The third kappa shape index (κ3) is 5.80. The smallest absolute Gasteiger partial charge is 0.264 e. The van der Waals surface area contributed by atoms with Crippen LogP contribution in [-0.2, 0) is 17.6 Å². The average molecular weight is 524 g/mol. The lowest BCUT2D eigenvalue weighted by atomic mass is 9.96. The molecule has 0 saturated carbocycles. The maximum atomic E-state index is 12.5. The number of thioether (sulfide) groups is 1. The van der Waals surface area contributed by atoms with Crippen molar-refractivity contribution in [1.29, 1.82) is 5.26 Å². The summed E-state index contributed by atoms with van der Waals surface area (Å²) in [6.07, 6.45) is 5.74. The van der Waals surface area contributed by atoms with E-state index in [2.05, 4.69) is 63.0 Å². The van der Waals surface area contributed by atoms with E-state index < -0.39 is 0 Å². The van der Waals surface area contributed by atoms with Gasteiger partial charge in [-0.1, -0.05) is 23.9 Å². The molecule has 4 rings (SSSR count). The number of hydrogen-bond acceptors (Lipinski definition) is 10. The second-order valence-corrected chi connectivity index (χ2v) is 10.2. The molecule has 0 atom stereocenters. The number of anilines is 3. The summed E-state index contributed by atoms with van der Waals surface area (Å²) in [6.45, 7) is 6.17. The van der Waals surface area contributed by atoms with Crippen LogP contribution in [0.3, 0.4) is 0 Å². The number of fused-ring (bicyclic) bond motifs is 1. The summed E-state index contributed by atoms with van der Waals surface area (Å²) in [5, 5.41) is 25.7. The molecular formula is C24H29N9OS2. The summed E-state index contributed by atoms with van der Waals surface area (Å²) in [4.78, 5) is 16.0. The van der Waals surface area contributed by atoms with Crippen LogP contribution < -0.4 is 21.5 Å². The van der Waals surface area contributed by atoms with Crippen molar-refractivity contribution in [3.63, 3.8) is 0 Å². The standard InChI is InChI=1S/C24H29N9OS2/c1-3-32(4-2)17-11-9-16(10-12-17)14-27-29-23-30-31-24(33(23)26)35-15-21(34)28-22-19(13-25)18-7-5-6-8-20(18)36-22/h9-12,14H,3-8,15,26H2,1-2H3,(H,28,34)(H,29,30)/b27-14+. The molecular weight excluding hydrogens is 494 g/mol. The van der Waals surface area contributed by atoms with E-state index in [9.17, 15) is 10.1 Å². The Labute approximate surface area is 218 Å². The van der Waals surface area contributed by atoms with Gasteiger partial charge in [0.1, 0.15) is 11.1 Å². The Morgan fingerprint density at radius 2 is 2.03 bits per heavy atom. The van der Waals surface area contributed by atoms with Crippen LogP contribution in [-0.4, -0.2) is 45.8 Å². The first-order valence-corrected chi connectivity index (χ1v) is 13.7. The van der Waals surface area contributed by atoms with E-state index >= 15 is 0 Å². The molecule has 0 unspecified atom stereocenters. The molecule has 0 fully saturated rings. The number of nitrogen functional groups attached to an aromatic ring is 1. The van der Waals surface area contributed by atoms with Crippen LogP contribution >= 0.6 is 23.1 Å². The fraction of sp³-hybridized carbons (Fsp3) is 0.375. The number of hydrazone groups is 1. The Hall–Kier alpha value is -3.56. The largest absolute Gasteiger partial charge is 0.372 e. The molecule has 0 radical (unpaired) electrons. The molecule has 1 amide bonds. The molecule has 10 nitrogen and oxygen atoms in total. The number of carbonyl (C=O) groups is 1. The zero-order valence-electron chi connectivity index (χ0n) is 20.3. The fourth-order valence-corrected chi connectivity index (χ4v) is 5.95. The van der Waals surface area contributed by atoms with Crippen molar-refractivity contribution in [3.05, 3.63) is 45.8 Å². The van der Waals surface area contributed by atoms with E-state index in [1.54, 1.807) is 6.21 Å². The predicted octanol–water partition coefficient (Wildman–Crippen LogP) is 3.83. The molecule has 4 N–H and O–H groups in total. The molecule has 12 heteroatoms. The van der Waals surface area contributed by atoms with Gasteiger partial charge in [-0.15, -0.1) is 21.5 Å². The minimum Gasteiger partial charge on any atom is -0.372 e. The zero-order valence-corrected chi connectivity index (χ0v) is 22.0. The number of nitriles is 1. The average Bonchev–Trinajstić information content (AvgIpc) is 3.43. The minimum atomic E-state index is -0.223. The molecule has 1 aliphatic rings. The highest BCUT2D eigenvalue weighted by Crippen LogP contribution is 2.37. The number of aryl methyl sites for hydroxylation is 1. The van der Waals surface area contributed by atoms with Crippen molar-refractivity contribution in [2.45, 2.75) is 44.7 Å². The third-order valence-electron chi connectivity index (χ3n) is 5.93. The Balaban J connectivity index is 1.30. The summed E-state index contributed by atoms with van der Waals surface area (Å²) < 4.78 is 1.25. The van der Waals surface area contributed by atoms with Gasteiger partial charge in [-0.2, -0.15) is 10.4 Å². The number of carbonyl (C=O) groups excluding carboxylic acids is 1. The first-order chi connectivity index (χ1) is 17.5. The maximum Gasteiger partial charge on any atom is 0.264 e. The number of nitrogens with two attached hydrogens (primary N) is 1. The minimum absolute atomic E-state index is 0.0882. The van der Waals surface area contributed by atoms with Gasteiger partial charge < -0.3 is 16.1 Å². The molecule has 0 aliphatic heterocycles. The Bertz CT molecular complexity index is 1270. The fourth-order valence-electron chi connectivity index (χ4n) is 4.04. The van der Waals surface area contributed by atoms with Gasteiger partial charge in [0.2, 0.25) is 11.1 Å². The van der Waals surface area contributed by atoms with Gasteiger partial charge in [-0.05, 0) is 62.8 Å². The van der Waals surface area contributed by atoms with Crippen LogP contribution in [0.4, 0.5) is 16.6 Å².